The summed E-state index contributed by atoms with van der Waals surface area (Å²) < 4.78 is 5.71. The molecule has 0 aliphatic heterocycles. The van der Waals surface area contributed by atoms with Crippen molar-refractivity contribution in [1.29, 1.82) is 0 Å². The van der Waals surface area contributed by atoms with Gasteiger partial charge in [0.05, 0.1) is 0 Å². The molecule has 1 aromatic carbocycles. The van der Waals surface area contributed by atoms with Gasteiger partial charge in [0.25, 0.3) is 0 Å². The first-order chi connectivity index (χ1) is 8.13. The van der Waals surface area contributed by atoms with Crippen molar-refractivity contribution in [3.05, 3.63) is 35.9 Å². The van der Waals surface area contributed by atoms with Crippen LogP contribution in [0.25, 0.3) is 0 Å². The molecule has 0 aromatic heterocycles. The Morgan fingerprint density at radius 1 is 1.24 bits per heavy atom. The molecule has 0 saturated heterocycles. The highest BCUT2D eigenvalue weighted by Crippen LogP contribution is 2.10. The first kappa shape index (κ1) is 13.9. The summed E-state index contributed by atoms with van der Waals surface area (Å²) >= 11 is 0. The lowest BCUT2D eigenvalue weighted by Gasteiger charge is -2.17. The molecule has 1 aromatic rings. The Kier molecular flexibility index (Phi) is 5.92. The third-order valence-electron chi connectivity index (χ3n) is 2.60. The summed E-state index contributed by atoms with van der Waals surface area (Å²) in [4.78, 5) is 11.8. The number of carbonyl (C=O) groups excluding carboxylic acids is 1. The van der Waals surface area contributed by atoms with Gasteiger partial charge in [-0.1, -0.05) is 51.1 Å². The van der Waals surface area contributed by atoms with E-state index >= 15 is 0 Å². The molecule has 0 saturated carbocycles. The van der Waals surface area contributed by atoms with Crippen LogP contribution in [0.1, 0.15) is 32.8 Å². The third kappa shape index (κ3) is 5.14. The molecule has 94 valence electrons. The minimum atomic E-state index is -0.287. The molecule has 0 aliphatic carbocycles. The largest absolute Gasteiger partial charge is 0.370 e. The second kappa shape index (κ2) is 7.23. The average Bonchev–Trinajstić information content (AvgIpc) is 2.34. The highest BCUT2D eigenvalue weighted by molar-refractivity contribution is 5.83. The van der Waals surface area contributed by atoms with Crippen molar-refractivity contribution in [1.82, 2.24) is 0 Å². The van der Waals surface area contributed by atoms with Crippen LogP contribution < -0.4 is 0 Å². The van der Waals surface area contributed by atoms with Crippen LogP contribution in [0.2, 0.25) is 0 Å². The van der Waals surface area contributed by atoms with Crippen LogP contribution in [0.4, 0.5) is 0 Å². The van der Waals surface area contributed by atoms with Gasteiger partial charge in [0, 0.05) is 19.4 Å². The van der Waals surface area contributed by atoms with E-state index < -0.39 is 0 Å². The van der Waals surface area contributed by atoms with Gasteiger partial charge in [0.2, 0.25) is 0 Å². The van der Waals surface area contributed by atoms with Crippen molar-refractivity contribution in [2.45, 2.75) is 39.7 Å². The van der Waals surface area contributed by atoms with Crippen molar-refractivity contribution in [3.8, 4) is 0 Å². The van der Waals surface area contributed by atoms with E-state index in [1.54, 1.807) is 0 Å². The van der Waals surface area contributed by atoms with E-state index in [0.717, 1.165) is 5.56 Å². The first-order valence-electron chi connectivity index (χ1n) is 6.31. The van der Waals surface area contributed by atoms with Gasteiger partial charge in [-0.15, -0.1) is 0 Å². The Hall–Kier alpha value is -1.15. The van der Waals surface area contributed by atoms with Gasteiger partial charge in [0.1, 0.15) is 6.10 Å². The predicted octanol–water partition coefficient (Wildman–Crippen LogP) is 3.25. The van der Waals surface area contributed by atoms with Gasteiger partial charge in [0.15, 0.2) is 5.78 Å². The number of benzene rings is 1. The lowest BCUT2D eigenvalue weighted by molar-refractivity contribution is -0.130. The normalized spacial score (nSPS) is 12.7. The standard InChI is InChI=1S/C15H22O2/c1-4-14(16)15(17-11-12(2)3)10-13-8-6-5-7-9-13/h5-9,12,15H,4,10-11H2,1-3H3. The Morgan fingerprint density at radius 2 is 1.88 bits per heavy atom. The molecule has 0 heterocycles. The molecule has 0 fully saturated rings. The van der Waals surface area contributed by atoms with E-state index in [0.29, 0.717) is 25.4 Å². The van der Waals surface area contributed by atoms with Gasteiger partial charge in [-0.2, -0.15) is 0 Å². The number of rotatable bonds is 7. The smallest absolute Gasteiger partial charge is 0.161 e. The molecular weight excluding hydrogens is 212 g/mol. The fourth-order valence-electron chi connectivity index (χ4n) is 1.63. The summed E-state index contributed by atoms with van der Waals surface area (Å²) in [7, 11) is 0. The van der Waals surface area contributed by atoms with Gasteiger partial charge < -0.3 is 4.74 Å². The van der Waals surface area contributed by atoms with E-state index in [2.05, 4.69) is 13.8 Å². The second-order valence-corrected chi connectivity index (χ2v) is 4.73. The van der Waals surface area contributed by atoms with Crippen LogP contribution in [0.3, 0.4) is 0 Å². The Bertz CT molecular complexity index is 330. The van der Waals surface area contributed by atoms with Gasteiger partial charge in [-0.3, -0.25) is 4.79 Å². The Labute approximate surface area is 104 Å². The number of hydrogen-bond acceptors (Lipinski definition) is 2. The number of hydrogen-bond donors (Lipinski definition) is 0. The van der Waals surface area contributed by atoms with Crippen LogP contribution >= 0.6 is 0 Å². The molecule has 0 spiro atoms. The third-order valence-corrected chi connectivity index (χ3v) is 2.60. The van der Waals surface area contributed by atoms with Crippen LogP contribution in [0, 0.1) is 5.92 Å². The molecule has 1 atom stereocenters. The quantitative estimate of drug-likeness (QED) is 0.724. The number of carbonyl (C=O) groups is 1. The van der Waals surface area contributed by atoms with Crippen molar-refractivity contribution in [2.24, 2.45) is 5.92 Å². The minimum absolute atomic E-state index is 0.189. The summed E-state index contributed by atoms with van der Waals surface area (Å²) in [6.45, 7) is 6.72. The number of Topliss-reactive ketones (excluding diaryl/α,β-unsaturated/α-hetero) is 1. The maximum atomic E-state index is 11.8. The Balaban J connectivity index is 2.60. The topological polar surface area (TPSA) is 26.3 Å². The molecule has 0 bridgehead atoms. The maximum absolute atomic E-state index is 11.8. The minimum Gasteiger partial charge on any atom is -0.370 e. The van der Waals surface area contributed by atoms with E-state index in [4.69, 9.17) is 4.74 Å². The fraction of sp³-hybridized carbons (Fsp3) is 0.533. The number of ketones is 1. The molecule has 0 radical (unpaired) electrons. The predicted molar refractivity (Wildman–Crippen MR) is 70.0 cm³/mol. The molecular formula is C15H22O2. The van der Waals surface area contributed by atoms with Crippen molar-refractivity contribution in [2.75, 3.05) is 6.61 Å². The molecule has 0 N–H and O–H groups in total. The zero-order valence-electron chi connectivity index (χ0n) is 11.0. The molecule has 1 rings (SSSR count). The van der Waals surface area contributed by atoms with Crippen molar-refractivity contribution >= 4 is 5.78 Å². The van der Waals surface area contributed by atoms with Crippen LogP contribution in [0.15, 0.2) is 30.3 Å². The van der Waals surface area contributed by atoms with Crippen LogP contribution in [0.5, 0.6) is 0 Å². The van der Waals surface area contributed by atoms with Gasteiger partial charge >= 0.3 is 0 Å². The van der Waals surface area contributed by atoms with Crippen LogP contribution in [-0.2, 0) is 16.0 Å². The van der Waals surface area contributed by atoms with E-state index in [1.165, 1.54) is 0 Å². The lowest BCUT2D eigenvalue weighted by atomic mass is 10.0. The van der Waals surface area contributed by atoms with E-state index in [-0.39, 0.29) is 11.9 Å². The zero-order chi connectivity index (χ0) is 12.7. The summed E-state index contributed by atoms with van der Waals surface area (Å²) in [6.07, 6.45) is 0.931. The second-order valence-electron chi connectivity index (χ2n) is 4.73. The Morgan fingerprint density at radius 3 is 2.41 bits per heavy atom. The highest BCUT2D eigenvalue weighted by Gasteiger charge is 2.18. The molecule has 2 nitrogen and oxygen atoms in total. The number of ether oxygens (including phenoxy) is 1. The maximum Gasteiger partial charge on any atom is 0.161 e. The van der Waals surface area contributed by atoms with E-state index in [1.807, 2.05) is 37.3 Å². The lowest BCUT2D eigenvalue weighted by Crippen LogP contribution is -2.27. The summed E-state index contributed by atoms with van der Waals surface area (Å²) in [5.41, 5.74) is 1.16. The van der Waals surface area contributed by atoms with Crippen molar-refractivity contribution < 1.29 is 9.53 Å². The van der Waals surface area contributed by atoms with Gasteiger partial charge in [-0.25, -0.2) is 0 Å². The van der Waals surface area contributed by atoms with E-state index in [9.17, 15) is 4.79 Å². The zero-order valence-corrected chi connectivity index (χ0v) is 11.0. The monoisotopic (exact) mass is 234 g/mol. The fourth-order valence-corrected chi connectivity index (χ4v) is 1.63. The molecule has 0 amide bonds. The average molecular weight is 234 g/mol. The molecule has 1 unspecified atom stereocenters. The van der Waals surface area contributed by atoms with Crippen LogP contribution in [-0.4, -0.2) is 18.5 Å². The first-order valence-corrected chi connectivity index (χ1v) is 6.31. The SMILES string of the molecule is CCC(=O)C(Cc1ccccc1)OCC(C)C. The molecule has 0 aliphatic rings. The summed E-state index contributed by atoms with van der Waals surface area (Å²) in [6, 6.07) is 10.0. The highest BCUT2D eigenvalue weighted by atomic mass is 16.5. The van der Waals surface area contributed by atoms with Crippen molar-refractivity contribution in [3.63, 3.8) is 0 Å². The summed E-state index contributed by atoms with van der Waals surface area (Å²) in [5, 5.41) is 0. The molecule has 2 heteroatoms. The summed E-state index contributed by atoms with van der Waals surface area (Å²) in [5.74, 6) is 0.646. The molecule has 17 heavy (non-hydrogen) atoms. The van der Waals surface area contributed by atoms with Gasteiger partial charge in [-0.05, 0) is 11.5 Å².